The van der Waals surface area contributed by atoms with Gasteiger partial charge >= 0.3 is 5.69 Å². The highest BCUT2D eigenvalue weighted by Gasteiger charge is 2.18. The fourth-order valence-electron chi connectivity index (χ4n) is 2.58. The predicted molar refractivity (Wildman–Crippen MR) is 94.8 cm³/mol. The van der Waals surface area contributed by atoms with Gasteiger partial charge in [0.15, 0.2) is 5.82 Å². The molecule has 0 saturated carbocycles. The summed E-state index contributed by atoms with van der Waals surface area (Å²) < 4.78 is 3.09. The van der Waals surface area contributed by atoms with Crippen molar-refractivity contribution in [3.8, 4) is 0 Å². The SMILES string of the molecule is Cc1cc(NC(=O)Cn2ncc([N+](=O)[O-])c2C)nn1Cc1ccccc1. The number of hydrogen-bond donors (Lipinski definition) is 1. The third kappa shape index (κ3) is 3.77. The van der Waals surface area contributed by atoms with Crippen LogP contribution in [0, 0.1) is 24.0 Å². The summed E-state index contributed by atoms with van der Waals surface area (Å²) in [6.45, 7) is 3.95. The van der Waals surface area contributed by atoms with Crippen molar-refractivity contribution in [2.45, 2.75) is 26.9 Å². The molecule has 0 fully saturated rings. The number of nitro groups is 1. The number of aromatic nitrogens is 4. The largest absolute Gasteiger partial charge is 0.309 e. The highest BCUT2D eigenvalue weighted by molar-refractivity contribution is 5.89. The molecule has 1 amide bonds. The maximum Gasteiger partial charge on any atom is 0.309 e. The Kier molecular flexibility index (Phi) is 4.78. The number of aryl methyl sites for hydroxylation is 1. The summed E-state index contributed by atoms with van der Waals surface area (Å²) >= 11 is 0. The Morgan fingerprint density at radius 2 is 1.96 bits per heavy atom. The zero-order chi connectivity index (χ0) is 18.7. The molecule has 1 N–H and O–H groups in total. The summed E-state index contributed by atoms with van der Waals surface area (Å²) in [7, 11) is 0. The third-order valence-electron chi connectivity index (χ3n) is 3.99. The van der Waals surface area contributed by atoms with Gasteiger partial charge in [-0.25, -0.2) is 0 Å². The molecule has 3 rings (SSSR count). The number of hydrogen-bond acceptors (Lipinski definition) is 5. The number of nitrogens with zero attached hydrogens (tertiary/aromatic N) is 5. The minimum atomic E-state index is -0.522. The second-order valence-electron chi connectivity index (χ2n) is 5.89. The zero-order valence-corrected chi connectivity index (χ0v) is 14.4. The average Bonchev–Trinajstić information content (AvgIpc) is 3.12. The van der Waals surface area contributed by atoms with Crippen LogP contribution in [0.4, 0.5) is 11.5 Å². The van der Waals surface area contributed by atoms with Crippen molar-refractivity contribution in [1.82, 2.24) is 19.6 Å². The van der Waals surface area contributed by atoms with E-state index in [2.05, 4.69) is 15.5 Å². The van der Waals surface area contributed by atoms with Gasteiger partial charge in [0.2, 0.25) is 5.91 Å². The normalized spacial score (nSPS) is 10.7. The van der Waals surface area contributed by atoms with Crippen molar-refractivity contribution in [3.63, 3.8) is 0 Å². The molecule has 0 bridgehead atoms. The van der Waals surface area contributed by atoms with E-state index in [9.17, 15) is 14.9 Å². The van der Waals surface area contributed by atoms with Crippen molar-refractivity contribution >= 4 is 17.4 Å². The van der Waals surface area contributed by atoms with E-state index in [4.69, 9.17) is 0 Å². The van der Waals surface area contributed by atoms with Crippen molar-refractivity contribution in [2.24, 2.45) is 0 Å². The average molecular weight is 354 g/mol. The molecular formula is C17H18N6O3. The Hall–Kier alpha value is -3.49. The first kappa shape index (κ1) is 17.3. The minimum absolute atomic E-state index is 0.110. The van der Waals surface area contributed by atoms with Gasteiger partial charge in [0.25, 0.3) is 0 Å². The second-order valence-corrected chi connectivity index (χ2v) is 5.89. The first-order valence-electron chi connectivity index (χ1n) is 7.99. The Morgan fingerprint density at radius 3 is 2.62 bits per heavy atom. The lowest BCUT2D eigenvalue weighted by Crippen LogP contribution is -2.20. The Morgan fingerprint density at radius 1 is 1.23 bits per heavy atom. The molecule has 0 spiro atoms. The topological polar surface area (TPSA) is 108 Å². The molecule has 0 aliphatic heterocycles. The van der Waals surface area contributed by atoms with E-state index in [1.807, 2.05) is 37.3 Å². The molecule has 9 nitrogen and oxygen atoms in total. The van der Waals surface area contributed by atoms with Gasteiger partial charge < -0.3 is 5.32 Å². The monoisotopic (exact) mass is 354 g/mol. The maximum absolute atomic E-state index is 12.2. The van der Waals surface area contributed by atoms with Crippen molar-refractivity contribution in [1.29, 1.82) is 0 Å². The Balaban J connectivity index is 1.66. The lowest BCUT2D eigenvalue weighted by atomic mass is 10.2. The van der Waals surface area contributed by atoms with E-state index in [0.717, 1.165) is 17.5 Å². The van der Waals surface area contributed by atoms with Crippen LogP contribution >= 0.6 is 0 Å². The van der Waals surface area contributed by atoms with Crippen LogP contribution in [-0.4, -0.2) is 30.4 Å². The molecule has 0 aliphatic carbocycles. The van der Waals surface area contributed by atoms with Crippen LogP contribution < -0.4 is 5.32 Å². The van der Waals surface area contributed by atoms with Crippen molar-refractivity contribution < 1.29 is 9.72 Å². The van der Waals surface area contributed by atoms with E-state index >= 15 is 0 Å². The summed E-state index contributed by atoms with van der Waals surface area (Å²) in [4.78, 5) is 22.5. The third-order valence-corrected chi connectivity index (χ3v) is 3.99. The molecule has 0 saturated heterocycles. The molecule has 2 aromatic heterocycles. The van der Waals surface area contributed by atoms with Crippen LogP contribution in [0.3, 0.4) is 0 Å². The van der Waals surface area contributed by atoms with Gasteiger partial charge in [0.05, 0.1) is 11.5 Å². The summed E-state index contributed by atoms with van der Waals surface area (Å²) in [6.07, 6.45) is 1.14. The number of amides is 1. The number of nitrogens with one attached hydrogen (secondary N) is 1. The van der Waals surface area contributed by atoms with E-state index in [0.29, 0.717) is 18.1 Å². The van der Waals surface area contributed by atoms with Crippen LogP contribution in [0.1, 0.15) is 17.0 Å². The molecule has 0 unspecified atom stereocenters. The first-order chi connectivity index (χ1) is 12.4. The van der Waals surface area contributed by atoms with Crippen LogP contribution in [-0.2, 0) is 17.9 Å². The van der Waals surface area contributed by atoms with Crippen LogP contribution in [0.2, 0.25) is 0 Å². The second kappa shape index (κ2) is 7.18. The number of carbonyl (C=O) groups is 1. The van der Waals surface area contributed by atoms with Gasteiger partial charge in [-0.1, -0.05) is 30.3 Å². The van der Waals surface area contributed by atoms with Gasteiger partial charge in [-0.3, -0.25) is 24.3 Å². The fraction of sp³-hybridized carbons (Fsp3) is 0.235. The van der Waals surface area contributed by atoms with Crippen LogP contribution in [0.15, 0.2) is 42.6 Å². The van der Waals surface area contributed by atoms with Gasteiger partial charge in [0.1, 0.15) is 18.4 Å². The van der Waals surface area contributed by atoms with Crippen LogP contribution in [0.5, 0.6) is 0 Å². The highest BCUT2D eigenvalue weighted by Crippen LogP contribution is 2.16. The van der Waals surface area contributed by atoms with Crippen LogP contribution in [0.25, 0.3) is 0 Å². The quantitative estimate of drug-likeness (QED) is 0.540. The van der Waals surface area contributed by atoms with E-state index in [-0.39, 0.29) is 18.1 Å². The standard InChI is InChI=1S/C17H18N6O3/c1-12-8-16(20-21(12)10-14-6-4-3-5-7-14)19-17(24)11-22-13(2)15(9-18-22)23(25)26/h3-9H,10-11H2,1-2H3,(H,19,20,24). The smallest absolute Gasteiger partial charge is 0.308 e. The van der Waals surface area contributed by atoms with E-state index < -0.39 is 4.92 Å². The Labute approximate surface area is 149 Å². The molecule has 1 aromatic carbocycles. The van der Waals surface area contributed by atoms with Crippen molar-refractivity contribution in [3.05, 3.63) is 69.7 Å². The Bertz CT molecular complexity index is 945. The summed E-state index contributed by atoms with van der Waals surface area (Å²) in [5.74, 6) is 0.0817. The molecule has 9 heteroatoms. The molecule has 0 aliphatic rings. The van der Waals surface area contributed by atoms with Gasteiger partial charge in [0, 0.05) is 11.8 Å². The lowest BCUT2D eigenvalue weighted by Gasteiger charge is -2.05. The predicted octanol–water partition coefficient (Wildman–Crippen LogP) is 2.29. The van der Waals surface area contributed by atoms with Crippen molar-refractivity contribution in [2.75, 3.05) is 5.32 Å². The molecule has 134 valence electrons. The number of benzene rings is 1. The van der Waals surface area contributed by atoms with E-state index in [1.54, 1.807) is 17.7 Å². The number of anilines is 1. The van der Waals surface area contributed by atoms with Gasteiger partial charge in [-0.2, -0.15) is 10.2 Å². The molecule has 2 heterocycles. The highest BCUT2D eigenvalue weighted by atomic mass is 16.6. The molecule has 0 radical (unpaired) electrons. The molecular weight excluding hydrogens is 336 g/mol. The maximum atomic E-state index is 12.2. The zero-order valence-electron chi connectivity index (χ0n) is 14.4. The first-order valence-corrected chi connectivity index (χ1v) is 7.99. The molecule has 0 atom stereocenters. The fourth-order valence-corrected chi connectivity index (χ4v) is 2.58. The molecule has 26 heavy (non-hydrogen) atoms. The minimum Gasteiger partial charge on any atom is -0.308 e. The van der Waals surface area contributed by atoms with Gasteiger partial charge in [-0.05, 0) is 19.4 Å². The van der Waals surface area contributed by atoms with Gasteiger partial charge in [-0.15, -0.1) is 0 Å². The lowest BCUT2D eigenvalue weighted by molar-refractivity contribution is -0.385. The number of rotatable bonds is 6. The summed E-state index contributed by atoms with van der Waals surface area (Å²) in [6, 6.07) is 11.7. The van der Waals surface area contributed by atoms with E-state index in [1.165, 1.54) is 4.68 Å². The molecule has 3 aromatic rings. The summed E-state index contributed by atoms with van der Waals surface area (Å²) in [5, 5.41) is 21.8. The summed E-state index contributed by atoms with van der Waals surface area (Å²) in [5.41, 5.74) is 2.24. The number of carbonyl (C=O) groups excluding carboxylic acids is 1.